The van der Waals surface area contributed by atoms with Crippen LogP contribution < -0.4 is 10.1 Å². The predicted octanol–water partition coefficient (Wildman–Crippen LogP) is 3.44. The van der Waals surface area contributed by atoms with Crippen LogP contribution in [0.15, 0.2) is 24.3 Å². The maximum Gasteiger partial charge on any atom is 0.176 e. The molecule has 1 rings (SSSR count). The molecule has 0 spiro atoms. The number of ether oxygens (including phenoxy) is 1. The smallest absolute Gasteiger partial charge is 0.176 e. The minimum atomic E-state index is 0.138. The zero-order valence-electron chi connectivity index (χ0n) is 12.1. The van der Waals surface area contributed by atoms with E-state index in [4.69, 9.17) is 4.74 Å². The Kier molecular flexibility index (Phi) is 7.91. The van der Waals surface area contributed by atoms with Gasteiger partial charge in [0, 0.05) is 5.56 Å². The first-order valence-electron chi connectivity index (χ1n) is 7.24. The summed E-state index contributed by atoms with van der Waals surface area (Å²) in [4.78, 5) is 11.9. The molecule has 3 heteroatoms. The minimum absolute atomic E-state index is 0.138. The molecule has 0 aliphatic heterocycles. The average Bonchev–Trinajstić information content (AvgIpc) is 2.45. The molecule has 0 aliphatic carbocycles. The second-order valence-electron chi connectivity index (χ2n) is 4.68. The van der Waals surface area contributed by atoms with Crippen molar-refractivity contribution in [2.45, 2.75) is 39.5 Å². The summed E-state index contributed by atoms with van der Waals surface area (Å²) in [7, 11) is 0. The van der Waals surface area contributed by atoms with Crippen LogP contribution in [-0.4, -0.2) is 25.5 Å². The number of rotatable bonds is 10. The number of hydrogen-bond acceptors (Lipinski definition) is 3. The Labute approximate surface area is 116 Å². The molecule has 3 nitrogen and oxygen atoms in total. The number of carbonyl (C=O) groups excluding carboxylic acids is 1. The summed E-state index contributed by atoms with van der Waals surface area (Å²) in [6.07, 6.45) is 4.54. The Bertz CT molecular complexity index is 360. The number of benzene rings is 1. The van der Waals surface area contributed by atoms with Gasteiger partial charge in [-0.25, -0.2) is 0 Å². The zero-order valence-corrected chi connectivity index (χ0v) is 12.1. The first-order chi connectivity index (χ1) is 9.27. The van der Waals surface area contributed by atoms with Crippen LogP contribution in [0.4, 0.5) is 0 Å². The number of hydrogen-bond donors (Lipinski definition) is 1. The average molecular weight is 263 g/mol. The molecule has 0 amide bonds. The van der Waals surface area contributed by atoms with Gasteiger partial charge >= 0.3 is 0 Å². The molecule has 0 fully saturated rings. The second-order valence-corrected chi connectivity index (χ2v) is 4.68. The van der Waals surface area contributed by atoms with Crippen LogP contribution in [-0.2, 0) is 0 Å². The van der Waals surface area contributed by atoms with Gasteiger partial charge in [0.25, 0.3) is 0 Å². The fraction of sp³-hybridized carbons (Fsp3) is 0.562. The van der Waals surface area contributed by atoms with Crippen molar-refractivity contribution >= 4 is 5.78 Å². The van der Waals surface area contributed by atoms with Crippen LogP contribution in [0.3, 0.4) is 0 Å². The molecule has 1 N–H and O–H groups in total. The van der Waals surface area contributed by atoms with E-state index in [0.29, 0.717) is 13.2 Å². The maximum atomic E-state index is 11.9. The van der Waals surface area contributed by atoms with Crippen molar-refractivity contribution in [3.05, 3.63) is 29.8 Å². The van der Waals surface area contributed by atoms with Crippen molar-refractivity contribution in [1.29, 1.82) is 0 Å². The molecule has 0 aromatic heterocycles. The van der Waals surface area contributed by atoms with E-state index in [9.17, 15) is 4.79 Å². The molecular weight excluding hydrogens is 238 g/mol. The standard InChI is InChI=1S/C16H25NO2/c1-3-5-6-11-17-13-16(18)14-7-9-15(10-8-14)19-12-4-2/h7-10,17H,3-6,11-13H2,1-2H3. The molecule has 1 aromatic carbocycles. The molecule has 0 saturated heterocycles. The Morgan fingerprint density at radius 1 is 1.11 bits per heavy atom. The van der Waals surface area contributed by atoms with Crippen molar-refractivity contribution in [3.8, 4) is 5.75 Å². The largest absolute Gasteiger partial charge is 0.494 e. The summed E-state index contributed by atoms with van der Waals surface area (Å²) in [5.74, 6) is 0.966. The molecule has 0 heterocycles. The molecule has 106 valence electrons. The summed E-state index contributed by atoms with van der Waals surface area (Å²) in [6.45, 7) is 6.29. The van der Waals surface area contributed by atoms with Gasteiger partial charge < -0.3 is 10.1 Å². The van der Waals surface area contributed by atoms with E-state index in [-0.39, 0.29) is 5.78 Å². The van der Waals surface area contributed by atoms with Gasteiger partial charge in [0.15, 0.2) is 5.78 Å². The van der Waals surface area contributed by atoms with Gasteiger partial charge in [0.1, 0.15) is 5.75 Å². The van der Waals surface area contributed by atoms with Gasteiger partial charge in [-0.2, -0.15) is 0 Å². The SMILES string of the molecule is CCCCCNCC(=O)c1ccc(OCCC)cc1. The Morgan fingerprint density at radius 2 is 1.84 bits per heavy atom. The van der Waals surface area contributed by atoms with Crippen molar-refractivity contribution in [2.75, 3.05) is 19.7 Å². The van der Waals surface area contributed by atoms with E-state index in [1.807, 2.05) is 24.3 Å². The van der Waals surface area contributed by atoms with E-state index in [0.717, 1.165) is 30.7 Å². The minimum Gasteiger partial charge on any atom is -0.494 e. The van der Waals surface area contributed by atoms with E-state index in [2.05, 4.69) is 19.2 Å². The topological polar surface area (TPSA) is 38.3 Å². The fourth-order valence-corrected chi connectivity index (χ4v) is 1.76. The summed E-state index contributed by atoms with van der Waals surface area (Å²) in [6, 6.07) is 7.39. The van der Waals surface area contributed by atoms with Gasteiger partial charge in [-0.3, -0.25) is 4.79 Å². The third-order valence-electron chi connectivity index (χ3n) is 2.89. The Hall–Kier alpha value is -1.35. The highest BCUT2D eigenvalue weighted by atomic mass is 16.5. The Balaban J connectivity index is 2.32. The molecule has 0 aliphatic rings. The van der Waals surface area contributed by atoms with E-state index >= 15 is 0 Å². The van der Waals surface area contributed by atoms with Gasteiger partial charge in [-0.1, -0.05) is 26.7 Å². The lowest BCUT2D eigenvalue weighted by Crippen LogP contribution is -2.23. The van der Waals surface area contributed by atoms with Gasteiger partial charge in [-0.15, -0.1) is 0 Å². The van der Waals surface area contributed by atoms with Crippen LogP contribution in [0, 0.1) is 0 Å². The first kappa shape index (κ1) is 15.7. The van der Waals surface area contributed by atoms with Crippen molar-refractivity contribution < 1.29 is 9.53 Å². The number of ketones is 1. The van der Waals surface area contributed by atoms with E-state index in [1.165, 1.54) is 12.8 Å². The monoisotopic (exact) mass is 263 g/mol. The summed E-state index contributed by atoms with van der Waals surface area (Å²) < 4.78 is 5.49. The molecule has 0 atom stereocenters. The van der Waals surface area contributed by atoms with Crippen LogP contribution in [0.5, 0.6) is 5.75 Å². The predicted molar refractivity (Wildman–Crippen MR) is 79.0 cm³/mol. The van der Waals surface area contributed by atoms with E-state index < -0.39 is 0 Å². The third kappa shape index (κ3) is 6.39. The van der Waals surface area contributed by atoms with Gasteiger partial charge in [0.2, 0.25) is 0 Å². The highest BCUT2D eigenvalue weighted by Gasteiger charge is 2.05. The molecule has 0 saturated carbocycles. The number of Topliss-reactive ketones (excluding diaryl/α,β-unsaturated/α-hetero) is 1. The van der Waals surface area contributed by atoms with Crippen molar-refractivity contribution in [2.24, 2.45) is 0 Å². The molecule has 0 unspecified atom stereocenters. The van der Waals surface area contributed by atoms with Gasteiger partial charge in [0.05, 0.1) is 13.2 Å². The van der Waals surface area contributed by atoms with Crippen molar-refractivity contribution in [1.82, 2.24) is 5.32 Å². The summed E-state index contributed by atoms with van der Waals surface area (Å²) >= 11 is 0. The maximum absolute atomic E-state index is 11.9. The number of carbonyl (C=O) groups is 1. The fourth-order valence-electron chi connectivity index (χ4n) is 1.76. The van der Waals surface area contributed by atoms with Gasteiger partial charge in [-0.05, 0) is 43.7 Å². The molecule has 1 aromatic rings. The highest BCUT2D eigenvalue weighted by Crippen LogP contribution is 2.12. The van der Waals surface area contributed by atoms with Crippen LogP contribution in [0.2, 0.25) is 0 Å². The van der Waals surface area contributed by atoms with Crippen LogP contribution in [0.1, 0.15) is 49.9 Å². The van der Waals surface area contributed by atoms with Crippen LogP contribution in [0.25, 0.3) is 0 Å². The third-order valence-corrected chi connectivity index (χ3v) is 2.89. The Morgan fingerprint density at radius 3 is 2.47 bits per heavy atom. The molecule has 0 radical (unpaired) electrons. The quantitative estimate of drug-likeness (QED) is 0.519. The lowest BCUT2D eigenvalue weighted by atomic mass is 10.1. The number of unbranched alkanes of at least 4 members (excludes halogenated alkanes) is 2. The second kappa shape index (κ2) is 9.56. The van der Waals surface area contributed by atoms with E-state index in [1.54, 1.807) is 0 Å². The lowest BCUT2D eigenvalue weighted by Gasteiger charge is -2.06. The zero-order chi connectivity index (χ0) is 13.9. The van der Waals surface area contributed by atoms with Crippen LogP contribution >= 0.6 is 0 Å². The highest BCUT2D eigenvalue weighted by molar-refractivity contribution is 5.97. The normalized spacial score (nSPS) is 10.4. The molecule has 19 heavy (non-hydrogen) atoms. The first-order valence-corrected chi connectivity index (χ1v) is 7.24. The number of nitrogens with one attached hydrogen (secondary N) is 1. The summed E-state index contributed by atoms with van der Waals surface area (Å²) in [5, 5.41) is 3.19. The van der Waals surface area contributed by atoms with Crippen molar-refractivity contribution in [3.63, 3.8) is 0 Å². The molecular formula is C16H25NO2. The summed E-state index contributed by atoms with van der Waals surface area (Å²) in [5.41, 5.74) is 0.742. The lowest BCUT2D eigenvalue weighted by molar-refractivity contribution is 0.0991. The molecule has 0 bridgehead atoms.